The fourth-order valence-electron chi connectivity index (χ4n) is 2.00. The first-order chi connectivity index (χ1) is 9.79. The van der Waals surface area contributed by atoms with Crippen molar-refractivity contribution in [2.24, 2.45) is 5.14 Å². The molecule has 5 nitrogen and oxygen atoms in total. The molecule has 0 aromatic heterocycles. The number of aromatic hydroxyl groups is 1. The molecule has 0 aliphatic rings. The average Bonchev–Trinajstić information content (AvgIpc) is 2.40. The fraction of sp³-hybridized carbons (Fsp3) is 0.143. The van der Waals surface area contributed by atoms with Crippen LogP contribution in [-0.4, -0.2) is 13.5 Å². The second-order valence-electron chi connectivity index (χ2n) is 4.60. The molecule has 0 amide bonds. The molecule has 0 aliphatic heterocycles. The standard InChI is InChI=1S/C14H15ClN2O3S/c1-9-12(3-2-4-14(9)21(16,19)20)17-8-10-7-11(15)5-6-13(10)18/h2-7,17-18H,8H2,1H3,(H2,16,19,20). The Morgan fingerprint density at radius 3 is 2.67 bits per heavy atom. The zero-order valence-electron chi connectivity index (χ0n) is 11.3. The van der Waals surface area contributed by atoms with E-state index in [9.17, 15) is 13.5 Å². The van der Waals surface area contributed by atoms with Crippen LogP contribution in [-0.2, 0) is 16.6 Å². The van der Waals surface area contributed by atoms with E-state index in [0.717, 1.165) is 0 Å². The maximum atomic E-state index is 11.5. The van der Waals surface area contributed by atoms with Gasteiger partial charge >= 0.3 is 0 Å². The Bertz CT molecular complexity index is 776. The van der Waals surface area contributed by atoms with E-state index >= 15 is 0 Å². The number of phenols is 1. The number of halogens is 1. The van der Waals surface area contributed by atoms with E-state index in [1.807, 2.05) is 0 Å². The molecule has 0 radical (unpaired) electrons. The van der Waals surface area contributed by atoms with Gasteiger partial charge in [-0.15, -0.1) is 0 Å². The van der Waals surface area contributed by atoms with E-state index in [2.05, 4.69) is 5.32 Å². The lowest BCUT2D eigenvalue weighted by Gasteiger charge is -2.13. The molecule has 112 valence electrons. The van der Waals surface area contributed by atoms with Gasteiger partial charge in [0.1, 0.15) is 5.75 Å². The Morgan fingerprint density at radius 1 is 1.29 bits per heavy atom. The maximum absolute atomic E-state index is 11.5. The predicted octanol–water partition coefficient (Wildman–Crippen LogP) is 2.61. The van der Waals surface area contributed by atoms with Crippen LogP contribution in [0.2, 0.25) is 5.02 Å². The number of anilines is 1. The summed E-state index contributed by atoms with van der Waals surface area (Å²) >= 11 is 5.88. The van der Waals surface area contributed by atoms with Gasteiger partial charge < -0.3 is 10.4 Å². The van der Waals surface area contributed by atoms with Crippen molar-refractivity contribution in [1.82, 2.24) is 0 Å². The molecule has 0 bridgehead atoms. The number of hydrogen-bond acceptors (Lipinski definition) is 4. The van der Waals surface area contributed by atoms with Gasteiger partial charge in [0.15, 0.2) is 0 Å². The Balaban J connectivity index is 2.27. The largest absolute Gasteiger partial charge is 0.508 e. The zero-order chi connectivity index (χ0) is 15.6. The molecule has 2 rings (SSSR count). The Morgan fingerprint density at radius 2 is 2.00 bits per heavy atom. The monoisotopic (exact) mass is 326 g/mol. The molecular weight excluding hydrogens is 312 g/mol. The number of benzene rings is 2. The smallest absolute Gasteiger partial charge is 0.238 e. The van der Waals surface area contributed by atoms with E-state index in [0.29, 0.717) is 28.4 Å². The molecule has 0 saturated heterocycles. The minimum absolute atomic E-state index is 0.0721. The second-order valence-corrected chi connectivity index (χ2v) is 6.57. The van der Waals surface area contributed by atoms with E-state index in [1.165, 1.54) is 12.1 Å². The molecule has 0 unspecified atom stereocenters. The van der Waals surface area contributed by atoms with Crippen LogP contribution in [0.3, 0.4) is 0 Å². The number of primary sulfonamides is 1. The summed E-state index contributed by atoms with van der Waals surface area (Å²) in [5.74, 6) is 0.118. The Kier molecular flexibility index (Phi) is 4.41. The van der Waals surface area contributed by atoms with Crippen molar-refractivity contribution in [1.29, 1.82) is 0 Å². The van der Waals surface area contributed by atoms with Gasteiger partial charge in [-0.2, -0.15) is 0 Å². The minimum atomic E-state index is -3.76. The van der Waals surface area contributed by atoms with E-state index in [-0.39, 0.29) is 10.6 Å². The highest BCUT2D eigenvalue weighted by molar-refractivity contribution is 7.89. The first-order valence-corrected chi connectivity index (χ1v) is 8.05. The summed E-state index contributed by atoms with van der Waals surface area (Å²) in [6.45, 7) is 1.97. The average molecular weight is 327 g/mol. The lowest BCUT2D eigenvalue weighted by Crippen LogP contribution is -2.14. The van der Waals surface area contributed by atoms with Crippen molar-refractivity contribution in [2.75, 3.05) is 5.32 Å². The summed E-state index contributed by atoms with van der Waals surface area (Å²) in [4.78, 5) is 0.0721. The highest BCUT2D eigenvalue weighted by Crippen LogP contribution is 2.25. The number of rotatable bonds is 4. The topological polar surface area (TPSA) is 92.4 Å². The van der Waals surface area contributed by atoms with Crippen molar-refractivity contribution in [3.8, 4) is 5.75 Å². The molecule has 0 heterocycles. The van der Waals surface area contributed by atoms with Crippen LogP contribution in [0.15, 0.2) is 41.3 Å². The summed E-state index contributed by atoms with van der Waals surface area (Å²) in [6.07, 6.45) is 0. The number of nitrogens with one attached hydrogen (secondary N) is 1. The van der Waals surface area contributed by atoms with Crippen LogP contribution < -0.4 is 10.5 Å². The minimum Gasteiger partial charge on any atom is -0.508 e. The van der Waals surface area contributed by atoms with E-state index in [4.69, 9.17) is 16.7 Å². The summed E-state index contributed by atoms with van der Waals surface area (Å²) in [5.41, 5.74) is 1.77. The third-order valence-corrected chi connectivity index (χ3v) is 4.39. The van der Waals surface area contributed by atoms with Crippen LogP contribution in [0.5, 0.6) is 5.75 Å². The van der Waals surface area contributed by atoms with Crippen molar-refractivity contribution in [3.63, 3.8) is 0 Å². The summed E-state index contributed by atoms with van der Waals surface area (Å²) < 4.78 is 22.9. The molecule has 2 aromatic rings. The van der Waals surface area contributed by atoms with Gasteiger partial charge in [-0.05, 0) is 42.8 Å². The maximum Gasteiger partial charge on any atom is 0.238 e. The zero-order valence-corrected chi connectivity index (χ0v) is 12.9. The van der Waals surface area contributed by atoms with Gasteiger partial charge in [0.2, 0.25) is 10.0 Å². The molecule has 4 N–H and O–H groups in total. The van der Waals surface area contributed by atoms with Crippen LogP contribution in [0.25, 0.3) is 0 Å². The van der Waals surface area contributed by atoms with Gasteiger partial charge in [-0.1, -0.05) is 17.7 Å². The van der Waals surface area contributed by atoms with Gasteiger partial charge in [0, 0.05) is 22.8 Å². The van der Waals surface area contributed by atoms with Crippen molar-refractivity contribution in [2.45, 2.75) is 18.4 Å². The SMILES string of the molecule is Cc1c(NCc2cc(Cl)ccc2O)cccc1S(N)(=O)=O. The fourth-order valence-corrected chi connectivity index (χ4v) is 3.00. The van der Waals surface area contributed by atoms with E-state index in [1.54, 1.807) is 31.2 Å². The van der Waals surface area contributed by atoms with Gasteiger partial charge in [-0.3, -0.25) is 0 Å². The van der Waals surface area contributed by atoms with Gasteiger partial charge in [0.05, 0.1) is 4.90 Å². The van der Waals surface area contributed by atoms with Crippen LogP contribution in [0, 0.1) is 6.92 Å². The lowest BCUT2D eigenvalue weighted by molar-refractivity contribution is 0.469. The quantitative estimate of drug-likeness (QED) is 0.805. The number of phenolic OH excluding ortho intramolecular Hbond substituents is 1. The highest BCUT2D eigenvalue weighted by Gasteiger charge is 2.13. The molecule has 2 aromatic carbocycles. The van der Waals surface area contributed by atoms with Crippen LogP contribution >= 0.6 is 11.6 Å². The Hall–Kier alpha value is -1.76. The number of hydrogen-bond donors (Lipinski definition) is 3. The number of sulfonamides is 1. The molecule has 0 atom stereocenters. The number of nitrogens with two attached hydrogens (primary N) is 1. The van der Waals surface area contributed by atoms with Gasteiger partial charge in [0.25, 0.3) is 0 Å². The normalized spacial score (nSPS) is 11.4. The third-order valence-electron chi connectivity index (χ3n) is 3.10. The summed E-state index contributed by atoms with van der Waals surface area (Å²) in [6, 6.07) is 9.54. The Labute approximate surface area is 128 Å². The molecule has 0 aliphatic carbocycles. The molecule has 0 spiro atoms. The van der Waals surface area contributed by atoms with E-state index < -0.39 is 10.0 Å². The van der Waals surface area contributed by atoms with Crippen LogP contribution in [0.4, 0.5) is 5.69 Å². The highest BCUT2D eigenvalue weighted by atomic mass is 35.5. The summed E-state index contributed by atoms with van der Waals surface area (Å²) in [5, 5.41) is 18.5. The van der Waals surface area contributed by atoms with Crippen molar-refractivity contribution < 1.29 is 13.5 Å². The second kappa shape index (κ2) is 5.93. The molecule has 0 saturated carbocycles. The summed E-state index contributed by atoms with van der Waals surface area (Å²) in [7, 11) is -3.76. The molecular formula is C14H15ClN2O3S. The van der Waals surface area contributed by atoms with Crippen LogP contribution in [0.1, 0.15) is 11.1 Å². The molecule has 0 fully saturated rings. The molecule has 7 heteroatoms. The molecule has 21 heavy (non-hydrogen) atoms. The lowest BCUT2D eigenvalue weighted by atomic mass is 10.1. The first-order valence-electron chi connectivity index (χ1n) is 6.12. The first kappa shape index (κ1) is 15.6. The predicted molar refractivity (Wildman–Crippen MR) is 83.0 cm³/mol. The van der Waals surface area contributed by atoms with Crippen molar-refractivity contribution in [3.05, 3.63) is 52.5 Å². The van der Waals surface area contributed by atoms with Gasteiger partial charge in [-0.25, -0.2) is 13.6 Å². The third kappa shape index (κ3) is 3.66. The van der Waals surface area contributed by atoms with Crippen molar-refractivity contribution >= 4 is 27.3 Å².